The first-order valence-corrected chi connectivity index (χ1v) is 4.80. The molecular weight excluding hydrogens is 176 g/mol. The lowest BCUT2D eigenvalue weighted by Gasteiger charge is -1.99. The molecule has 14 heavy (non-hydrogen) atoms. The largest absolute Gasteiger partial charge is 0.316 e. The normalized spacial score (nSPS) is 11.0. The lowest BCUT2D eigenvalue weighted by molar-refractivity contribution is 0.804. The molecule has 74 valence electrons. The SMILES string of the molecule is CCc1cn2cc(CNC)cnc2n1. The zero-order chi connectivity index (χ0) is 9.97. The summed E-state index contributed by atoms with van der Waals surface area (Å²) in [5.41, 5.74) is 2.25. The van der Waals surface area contributed by atoms with Gasteiger partial charge in [-0.05, 0) is 13.5 Å². The second kappa shape index (κ2) is 3.75. The number of hydrogen-bond donors (Lipinski definition) is 1. The Kier molecular flexibility index (Phi) is 2.45. The van der Waals surface area contributed by atoms with E-state index in [0.717, 1.165) is 24.4 Å². The van der Waals surface area contributed by atoms with Crippen LogP contribution >= 0.6 is 0 Å². The maximum atomic E-state index is 4.36. The van der Waals surface area contributed by atoms with Crippen LogP contribution in [0.15, 0.2) is 18.6 Å². The predicted octanol–water partition coefficient (Wildman–Crippen LogP) is 1.01. The van der Waals surface area contributed by atoms with E-state index in [0.29, 0.717) is 0 Å². The number of rotatable bonds is 3. The molecule has 0 aromatic carbocycles. The molecule has 2 aromatic heterocycles. The van der Waals surface area contributed by atoms with Crippen LogP contribution in [0.1, 0.15) is 18.2 Å². The Hall–Kier alpha value is -1.42. The molecule has 0 unspecified atom stereocenters. The number of aryl methyl sites for hydroxylation is 1. The van der Waals surface area contributed by atoms with Crippen LogP contribution in [0.3, 0.4) is 0 Å². The first kappa shape index (κ1) is 9.15. The molecule has 0 atom stereocenters. The van der Waals surface area contributed by atoms with E-state index in [9.17, 15) is 0 Å². The van der Waals surface area contributed by atoms with Crippen LogP contribution in [0, 0.1) is 0 Å². The fourth-order valence-corrected chi connectivity index (χ4v) is 1.44. The molecule has 0 bridgehead atoms. The minimum absolute atomic E-state index is 0.779. The van der Waals surface area contributed by atoms with Gasteiger partial charge in [0.05, 0.1) is 5.69 Å². The Morgan fingerprint density at radius 2 is 2.29 bits per heavy atom. The van der Waals surface area contributed by atoms with Gasteiger partial charge < -0.3 is 5.32 Å². The van der Waals surface area contributed by atoms with Crippen molar-refractivity contribution in [3.8, 4) is 0 Å². The molecule has 0 aliphatic carbocycles. The zero-order valence-electron chi connectivity index (χ0n) is 8.49. The van der Waals surface area contributed by atoms with Crippen LogP contribution in [0.5, 0.6) is 0 Å². The molecule has 0 amide bonds. The molecule has 4 nitrogen and oxygen atoms in total. The summed E-state index contributed by atoms with van der Waals surface area (Å²) in [6.07, 6.45) is 6.90. The van der Waals surface area contributed by atoms with Crippen LogP contribution in [-0.4, -0.2) is 21.4 Å². The van der Waals surface area contributed by atoms with Crippen molar-refractivity contribution in [1.29, 1.82) is 0 Å². The van der Waals surface area contributed by atoms with Crippen LogP contribution in [0.4, 0.5) is 0 Å². The van der Waals surface area contributed by atoms with Gasteiger partial charge >= 0.3 is 0 Å². The molecule has 1 N–H and O–H groups in total. The van der Waals surface area contributed by atoms with Gasteiger partial charge in [-0.25, -0.2) is 9.97 Å². The molecule has 0 radical (unpaired) electrons. The average molecular weight is 190 g/mol. The predicted molar refractivity (Wildman–Crippen MR) is 55.1 cm³/mol. The third kappa shape index (κ3) is 1.61. The molecule has 2 heterocycles. The highest BCUT2D eigenvalue weighted by molar-refractivity contribution is 5.31. The highest BCUT2D eigenvalue weighted by Gasteiger charge is 2.01. The monoisotopic (exact) mass is 190 g/mol. The average Bonchev–Trinajstić information content (AvgIpc) is 2.60. The van der Waals surface area contributed by atoms with Gasteiger partial charge in [0, 0.05) is 30.7 Å². The number of imidazole rings is 1. The first-order valence-electron chi connectivity index (χ1n) is 4.80. The smallest absolute Gasteiger partial charge is 0.233 e. The Morgan fingerprint density at radius 1 is 1.43 bits per heavy atom. The molecule has 4 heteroatoms. The number of nitrogens with zero attached hydrogens (tertiary/aromatic N) is 3. The van der Waals surface area contributed by atoms with Crippen molar-refractivity contribution < 1.29 is 0 Å². The third-order valence-electron chi connectivity index (χ3n) is 2.16. The van der Waals surface area contributed by atoms with E-state index in [-0.39, 0.29) is 0 Å². The van der Waals surface area contributed by atoms with E-state index in [1.807, 2.05) is 23.8 Å². The molecule has 2 aromatic rings. The van der Waals surface area contributed by atoms with Gasteiger partial charge in [-0.3, -0.25) is 4.40 Å². The number of nitrogens with one attached hydrogen (secondary N) is 1. The van der Waals surface area contributed by atoms with Gasteiger partial charge in [0.25, 0.3) is 0 Å². The van der Waals surface area contributed by atoms with Gasteiger partial charge in [0.15, 0.2) is 0 Å². The Bertz CT molecular complexity index is 433. The molecule has 2 rings (SSSR count). The fraction of sp³-hybridized carbons (Fsp3) is 0.400. The molecule has 0 spiro atoms. The summed E-state index contributed by atoms with van der Waals surface area (Å²) >= 11 is 0. The number of hydrogen-bond acceptors (Lipinski definition) is 3. The van der Waals surface area contributed by atoms with Gasteiger partial charge in [-0.1, -0.05) is 6.92 Å². The van der Waals surface area contributed by atoms with E-state index < -0.39 is 0 Å². The van der Waals surface area contributed by atoms with E-state index >= 15 is 0 Å². The molecule has 0 aliphatic rings. The van der Waals surface area contributed by atoms with Crippen molar-refractivity contribution in [2.45, 2.75) is 19.9 Å². The second-order valence-electron chi connectivity index (χ2n) is 3.29. The summed E-state index contributed by atoms with van der Waals surface area (Å²) in [7, 11) is 1.93. The standard InChI is InChI=1S/C10H14N4/c1-3-9-7-14-6-8(4-11-2)5-12-10(14)13-9/h5-7,11H,3-4H2,1-2H3. The summed E-state index contributed by atoms with van der Waals surface area (Å²) in [5, 5.41) is 3.10. The van der Waals surface area contributed by atoms with Crippen molar-refractivity contribution in [3.63, 3.8) is 0 Å². The summed E-state index contributed by atoms with van der Waals surface area (Å²) < 4.78 is 1.98. The Balaban J connectivity index is 2.43. The zero-order valence-corrected chi connectivity index (χ0v) is 8.49. The first-order chi connectivity index (χ1) is 6.83. The third-order valence-corrected chi connectivity index (χ3v) is 2.16. The van der Waals surface area contributed by atoms with E-state index in [2.05, 4.69) is 28.4 Å². The fourth-order valence-electron chi connectivity index (χ4n) is 1.44. The molecule has 0 saturated carbocycles. The lowest BCUT2D eigenvalue weighted by atomic mass is 10.3. The van der Waals surface area contributed by atoms with Gasteiger partial charge in [-0.2, -0.15) is 0 Å². The Labute approximate surface area is 83.0 Å². The highest BCUT2D eigenvalue weighted by Crippen LogP contribution is 2.05. The van der Waals surface area contributed by atoms with Gasteiger partial charge in [0.1, 0.15) is 0 Å². The quantitative estimate of drug-likeness (QED) is 0.785. The van der Waals surface area contributed by atoms with E-state index in [4.69, 9.17) is 0 Å². The van der Waals surface area contributed by atoms with E-state index in [1.165, 1.54) is 5.56 Å². The van der Waals surface area contributed by atoms with Crippen molar-refractivity contribution in [2.75, 3.05) is 7.05 Å². The minimum atomic E-state index is 0.779. The minimum Gasteiger partial charge on any atom is -0.316 e. The van der Waals surface area contributed by atoms with Gasteiger partial charge in [0.2, 0.25) is 5.78 Å². The molecular formula is C10H14N4. The number of fused-ring (bicyclic) bond motifs is 1. The molecule has 0 saturated heterocycles. The summed E-state index contributed by atoms with van der Waals surface area (Å²) in [6, 6.07) is 0. The van der Waals surface area contributed by atoms with Crippen LogP contribution in [0.2, 0.25) is 0 Å². The highest BCUT2D eigenvalue weighted by atomic mass is 15.1. The van der Waals surface area contributed by atoms with Crippen molar-refractivity contribution in [3.05, 3.63) is 29.8 Å². The second-order valence-corrected chi connectivity index (χ2v) is 3.29. The molecule has 0 fully saturated rings. The topological polar surface area (TPSA) is 42.2 Å². The maximum absolute atomic E-state index is 4.36. The van der Waals surface area contributed by atoms with Crippen molar-refractivity contribution in [1.82, 2.24) is 19.7 Å². The molecule has 0 aliphatic heterocycles. The van der Waals surface area contributed by atoms with Crippen molar-refractivity contribution in [2.24, 2.45) is 0 Å². The summed E-state index contributed by atoms with van der Waals surface area (Å²) in [4.78, 5) is 8.64. The maximum Gasteiger partial charge on any atom is 0.233 e. The van der Waals surface area contributed by atoms with Crippen molar-refractivity contribution >= 4 is 5.78 Å². The summed E-state index contributed by atoms with van der Waals surface area (Å²) in [6.45, 7) is 2.93. The number of aromatic nitrogens is 3. The lowest BCUT2D eigenvalue weighted by Crippen LogP contribution is -2.06. The van der Waals surface area contributed by atoms with Crippen LogP contribution in [-0.2, 0) is 13.0 Å². The van der Waals surface area contributed by atoms with Crippen LogP contribution in [0.25, 0.3) is 5.78 Å². The van der Waals surface area contributed by atoms with Gasteiger partial charge in [-0.15, -0.1) is 0 Å². The van der Waals surface area contributed by atoms with E-state index in [1.54, 1.807) is 0 Å². The Morgan fingerprint density at radius 3 is 3.00 bits per heavy atom. The van der Waals surface area contributed by atoms with Crippen LogP contribution < -0.4 is 5.32 Å². The summed E-state index contributed by atoms with van der Waals surface area (Å²) in [5.74, 6) is 0.779.